The van der Waals surface area contributed by atoms with Crippen molar-refractivity contribution in [2.75, 3.05) is 30.9 Å². The Morgan fingerprint density at radius 1 is 1.00 bits per heavy atom. The second-order valence-corrected chi connectivity index (χ2v) is 9.24. The van der Waals surface area contributed by atoms with E-state index >= 15 is 0 Å². The average molecular weight is 591 g/mol. The quantitative estimate of drug-likeness (QED) is 0.211. The number of methoxy groups -OCH3 is 1. The molecule has 1 amide bonds. The molecule has 11 nitrogen and oxygen atoms in total. The fourth-order valence-corrected chi connectivity index (χ4v) is 4.33. The summed E-state index contributed by atoms with van der Waals surface area (Å²) in [5, 5.41) is 6.24. The number of alkyl halides is 3. The van der Waals surface area contributed by atoms with E-state index in [2.05, 4.69) is 35.6 Å². The highest BCUT2D eigenvalue weighted by Gasteiger charge is 2.34. The van der Waals surface area contributed by atoms with Gasteiger partial charge in [-0.25, -0.2) is 24.7 Å². The normalized spacial score (nSPS) is 12.0. The molecule has 1 unspecified atom stereocenters. The number of hydrogen-bond donors (Lipinski definition) is 3. The molecular weight excluding hydrogens is 565 g/mol. The minimum atomic E-state index is -4.71. The van der Waals surface area contributed by atoms with Crippen molar-refractivity contribution < 1.29 is 27.5 Å². The third kappa shape index (κ3) is 6.53. The molecule has 14 heteroatoms. The van der Waals surface area contributed by atoms with Crippen LogP contribution in [0.3, 0.4) is 0 Å². The standard InChI is InChI=1S/C29H25F3N8O3/c1-33-27-34-12-10-21(38-27)22-15-18-14-17(8-9-20(18)36-22)25(41)37-23(26(42)43-2)16-40(19-6-4-3-5-7-19)28-35-13-11-24(39-28)29(30,31)32/h3-15,23,36H,16H2,1-2H3,(H,37,41)(H,33,34,38). The Morgan fingerprint density at radius 2 is 1.77 bits per heavy atom. The van der Waals surface area contributed by atoms with Gasteiger partial charge in [0.15, 0.2) is 0 Å². The molecular formula is C29H25F3N8O3. The number of aromatic nitrogens is 5. The highest BCUT2D eigenvalue weighted by Crippen LogP contribution is 2.30. The SMILES string of the molecule is CNc1nccc(-c2cc3cc(C(=O)NC(CN(c4ccccc4)c4nccc(C(F)(F)F)n4)C(=O)OC)ccc3[nH]2)n1. The van der Waals surface area contributed by atoms with Crippen molar-refractivity contribution in [3.05, 3.63) is 90.4 Å². The molecule has 0 radical (unpaired) electrons. The van der Waals surface area contributed by atoms with Gasteiger partial charge in [0.1, 0.15) is 11.7 Å². The summed E-state index contributed by atoms with van der Waals surface area (Å²) in [4.78, 5) is 47.0. The van der Waals surface area contributed by atoms with Crippen LogP contribution in [-0.2, 0) is 15.7 Å². The van der Waals surface area contributed by atoms with Gasteiger partial charge in [-0.2, -0.15) is 13.2 Å². The summed E-state index contributed by atoms with van der Waals surface area (Å²) in [6, 6.07) is 16.3. The minimum absolute atomic E-state index is 0.243. The lowest BCUT2D eigenvalue weighted by molar-refractivity contribution is -0.143. The van der Waals surface area contributed by atoms with Crippen LogP contribution in [-0.4, -0.2) is 63.5 Å². The van der Waals surface area contributed by atoms with E-state index in [4.69, 9.17) is 4.74 Å². The number of rotatable bonds is 9. The number of fused-ring (bicyclic) bond motifs is 1. The zero-order valence-electron chi connectivity index (χ0n) is 22.9. The summed E-state index contributed by atoms with van der Waals surface area (Å²) in [7, 11) is 2.86. The number of hydrogen-bond acceptors (Lipinski definition) is 9. The second kappa shape index (κ2) is 12.1. The number of nitrogens with zero attached hydrogens (tertiary/aromatic N) is 5. The first-order valence-electron chi connectivity index (χ1n) is 12.9. The van der Waals surface area contributed by atoms with Crippen LogP contribution in [0, 0.1) is 0 Å². The topological polar surface area (TPSA) is 138 Å². The number of carbonyl (C=O) groups excluding carboxylic acids is 2. The van der Waals surface area contributed by atoms with E-state index < -0.39 is 29.8 Å². The summed E-state index contributed by atoms with van der Waals surface area (Å²) < 4.78 is 45.2. The maximum atomic E-state index is 13.4. The van der Waals surface area contributed by atoms with E-state index in [1.165, 1.54) is 4.90 Å². The zero-order valence-corrected chi connectivity index (χ0v) is 22.9. The predicted molar refractivity (Wildman–Crippen MR) is 153 cm³/mol. The first-order valence-corrected chi connectivity index (χ1v) is 12.9. The van der Waals surface area contributed by atoms with Gasteiger partial charge < -0.3 is 25.3 Å². The Bertz CT molecular complexity index is 1760. The minimum Gasteiger partial charge on any atom is -0.467 e. The molecule has 220 valence electrons. The van der Waals surface area contributed by atoms with Gasteiger partial charge in [0.25, 0.3) is 5.91 Å². The lowest BCUT2D eigenvalue weighted by Crippen LogP contribution is -2.48. The number of carbonyl (C=O) groups is 2. The number of nitrogens with one attached hydrogen (secondary N) is 3. The number of halogens is 3. The van der Waals surface area contributed by atoms with Gasteiger partial charge in [-0.05, 0) is 48.5 Å². The Labute approximate surface area is 243 Å². The number of amides is 1. The molecule has 43 heavy (non-hydrogen) atoms. The second-order valence-electron chi connectivity index (χ2n) is 9.24. The van der Waals surface area contributed by atoms with Gasteiger partial charge in [-0.1, -0.05) is 18.2 Å². The van der Waals surface area contributed by atoms with Gasteiger partial charge in [0, 0.05) is 41.6 Å². The van der Waals surface area contributed by atoms with E-state index in [9.17, 15) is 22.8 Å². The smallest absolute Gasteiger partial charge is 0.433 e. The van der Waals surface area contributed by atoms with Crippen molar-refractivity contribution in [3.63, 3.8) is 0 Å². The third-order valence-electron chi connectivity index (χ3n) is 6.44. The van der Waals surface area contributed by atoms with Crippen molar-refractivity contribution in [1.82, 2.24) is 30.2 Å². The van der Waals surface area contributed by atoms with Crippen LogP contribution in [0.2, 0.25) is 0 Å². The molecule has 0 saturated heterocycles. The lowest BCUT2D eigenvalue weighted by Gasteiger charge is -2.27. The van der Waals surface area contributed by atoms with Crippen molar-refractivity contribution in [3.8, 4) is 11.4 Å². The van der Waals surface area contributed by atoms with Crippen LogP contribution in [0.4, 0.5) is 30.8 Å². The van der Waals surface area contributed by atoms with Crippen molar-refractivity contribution in [2.45, 2.75) is 12.2 Å². The molecule has 2 aromatic carbocycles. The van der Waals surface area contributed by atoms with Crippen LogP contribution in [0.5, 0.6) is 0 Å². The molecule has 0 fully saturated rings. The molecule has 0 aliphatic rings. The molecule has 0 aliphatic carbocycles. The molecule has 3 N–H and O–H groups in total. The number of ether oxygens (including phenoxy) is 1. The molecule has 5 rings (SSSR count). The summed E-state index contributed by atoms with van der Waals surface area (Å²) >= 11 is 0. The van der Waals surface area contributed by atoms with E-state index in [0.717, 1.165) is 24.9 Å². The third-order valence-corrected chi connectivity index (χ3v) is 6.44. The molecule has 5 aromatic rings. The molecule has 0 spiro atoms. The van der Waals surface area contributed by atoms with Gasteiger partial charge in [-0.15, -0.1) is 0 Å². The van der Waals surface area contributed by atoms with Crippen molar-refractivity contribution in [2.24, 2.45) is 0 Å². The summed E-state index contributed by atoms with van der Waals surface area (Å²) in [5.74, 6) is -1.27. The Balaban J connectivity index is 1.43. The number of para-hydroxylation sites is 1. The highest BCUT2D eigenvalue weighted by atomic mass is 19.4. The lowest BCUT2D eigenvalue weighted by atomic mass is 10.1. The highest BCUT2D eigenvalue weighted by molar-refractivity contribution is 6.00. The molecule has 0 saturated carbocycles. The van der Waals surface area contributed by atoms with Crippen LogP contribution in [0.15, 0.2) is 79.1 Å². The van der Waals surface area contributed by atoms with E-state index in [-0.39, 0.29) is 18.1 Å². The van der Waals surface area contributed by atoms with Crippen LogP contribution in [0.25, 0.3) is 22.3 Å². The number of anilines is 3. The zero-order chi connectivity index (χ0) is 30.6. The Hall–Kier alpha value is -5.53. The van der Waals surface area contributed by atoms with Crippen LogP contribution >= 0.6 is 0 Å². The maximum absolute atomic E-state index is 13.4. The van der Waals surface area contributed by atoms with E-state index in [1.807, 2.05) is 6.07 Å². The predicted octanol–water partition coefficient (Wildman–Crippen LogP) is 4.59. The fourth-order valence-electron chi connectivity index (χ4n) is 4.33. The first kappa shape index (κ1) is 29.0. The Morgan fingerprint density at radius 3 is 2.49 bits per heavy atom. The maximum Gasteiger partial charge on any atom is 0.433 e. The van der Waals surface area contributed by atoms with Crippen LogP contribution < -0.4 is 15.5 Å². The first-order chi connectivity index (χ1) is 20.7. The van der Waals surface area contributed by atoms with Crippen molar-refractivity contribution in [1.29, 1.82) is 0 Å². The largest absolute Gasteiger partial charge is 0.467 e. The number of aromatic amines is 1. The van der Waals surface area contributed by atoms with Crippen molar-refractivity contribution >= 4 is 40.4 Å². The monoisotopic (exact) mass is 590 g/mol. The van der Waals surface area contributed by atoms with Gasteiger partial charge >= 0.3 is 12.1 Å². The molecule has 1 atom stereocenters. The number of benzene rings is 2. The number of H-pyrrole nitrogens is 1. The molecule has 3 aromatic heterocycles. The number of esters is 1. The summed E-state index contributed by atoms with van der Waals surface area (Å²) in [5.41, 5.74) is 1.59. The van der Waals surface area contributed by atoms with Gasteiger partial charge in [-0.3, -0.25) is 4.79 Å². The molecule has 3 heterocycles. The molecule has 0 aliphatic heterocycles. The summed E-state index contributed by atoms with van der Waals surface area (Å²) in [6.45, 7) is -0.318. The fraction of sp³-hybridized carbons (Fsp3) is 0.172. The van der Waals surface area contributed by atoms with Gasteiger partial charge in [0.05, 0.1) is 25.0 Å². The van der Waals surface area contributed by atoms with E-state index in [0.29, 0.717) is 28.4 Å². The van der Waals surface area contributed by atoms with Crippen LogP contribution in [0.1, 0.15) is 16.1 Å². The van der Waals surface area contributed by atoms with E-state index in [1.54, 1.807) is 67.8 Å². The van der Waals surface area contributed by atoms with Gasteiger partial charge in [0.2, 0.25) is 11.9 Å². The summed E-state index contributed by atoms with van der Waals surface area (Å²) in [6.07, 6.45) is -2.11. The molecule has 0 bridgehead atoms. The average Bonchev–Trinajstić information content (AvgIpc) is 3.46. The Kier molecular flexibility index (Phi) is 8.18.